The summed E-state index contributed by atoms with van der Waals surface area (Å²) >= 11 is 0. The SMILES string of the molecule is C=CCOC(=O)NCC(CC(=O)C[C@H]1NC(=O)[C@H]1[C@@H](CO[SiH](C)C)C(C)(C)C)NC(=O)OCC=C. The van der Waals surface area contributed by atoms with Gasteiger partial charge in [-0.05, 0) is 24.4 Å². The molecule has 0 spiro atoms. The summed E-state index contributed by atoms with van der Waals surface area (Å²) in [6.45, 7) is 17.8. The summed E-state index contributed by atoms with van der Waals surface area (Å²) < 4.78 is 15.8. The Bertz CT molecular complexity index is 767. The molecule has 4 atom stereocenters. The molecule has 0 saturated carbocycles. The molecule has 0 aromatic carbocycles. The van der Waals surface area contributed by atoms with E-state index in [2.05, 4.69) is 63.0 Å². The first-order chi connectivity index (χ1) is 16.4. The predicted octanol–water partition coefficient (Wildman–Crippen LogP) is 2.31. The lowest BCUT2D eigenvalue weighted by molar-refractivity contribution is -0.143. The van der Waals surface area contributed by atoms with Crippen molar-refractivity contribution in [1.29, 1.82) is 0 Å². The molecule has 0 aromatic heterocycles. The van der Waals surface area contributed by atoms with Crippen molar-refractivity contribution in [1.82, 2.24) is 16.0 Å². The highest BCUT2D eigenvalue weighted by Crippen LogP contribution is 2.39. The standard InChI is InChI=1S/C24H41N3O7Si/c1-8-10-32-22(30)25-14-16(26-23(31)33-11-9-2)12-17(28)13-19-20(21(29)27-19)18(24(3,4)5)15-34-35(6)7/h8-9,16,18-20,35H,1-2,10-15H2,3-7H3,(H,25,30)(H,26,31)(H,27,29)/t16?,18-,19-,20+/m1/s1. The van der Waals surface area contributed by atoms with E-state index in [0.717, 1.165) is 0 Å². The van der Waals surface area contributed by atoms with Crippen LogP contribution in [0.15, 0.2) is 25.3 Å². The van der Waals surface area contributed by atoms with E-state index in [1.165, 1.54) is 12.2 Å². The third kappa shape index (κ3) is 11.1. The number of carbonyl (C=O) groups is 4. The fraction of sp³-hybridized carbons (Fsp3) is 0.667. The molecule has 1 rings (SSSR count). The number of alkyl carbamates (subject to hydrolysis) is 2. The Morgan fingerprint density at radius 3 is 2.23 bits per heavy atom. The van der Waals surface area contributed by atoms with Crippen LogP contribution >= 0.6 is 0 Å². The molecule has 35 heavy (non-hydrogen) atoms. The molecule has 1 fully saturated rings. The maximum Gasteiger partial charge on any atom is 0.407 e. The fourth-order valence-corrected chi connectivity index (χ4v) is 4.39. The molecular formula is C24H41N3O7Si. The van der Waals surface area contributed by atoms with Crippen molar-refractivity contribution in [3.8, 4) is 0 Å². The largest absolute Gasteiger partial charge is 0.445 e. The molecule has 3 amide bonds. The van der Waals surface area contributed by atoms with Crippen molar-refractivity contribution in [3.05, 3.63) is 25.3 Å². The smallest absolute Gasteiger partial charge is 0.407 e. The molecule has 1 heterocycles. The van der Waals surface area contributed by atoms with Gasteiger partial charge in [-0.15, -0.1) is 0 Å². The Morgan fingerprint density at radius 1 is 1.11 bits per heavy atom. The number of hydrogen-bond donors (Lipinski definition) is 3. The first kappa shape index (κ1) is 30.4. The van der Waals surface area contributed by atoms with Crippen molar-refractivity contribution in [2.75, 3.05) is 26.4 Å². The fourth-order valence-electron chi connectivity index (χ4n) is 3.80. The summed E-state index contributed by atoms with van der Waals surface area (Å²) in [6, 6.07) is -1.03. The number of rotatable bonds is 15. The topological polar surface area (TPSA) is 132 Å². The Balaban J connectivity index is 2.80. The first-order valence-corrected chi connectivity index (χ1v) is 14.7. The maximum atomic E-state index is 12.9. The number of amides is 3. The van der Waals surface area contributed by atoms with Crippen LogP contribution in [0.4, 0.5) is 9.59 Å². The van der Waals surface area contributed by atoms with Crippen molar-refractivity contribution in [2.45, 2.75) is 58.8 Å². The van der Waals surface area contributed by atoms with Crippen LogP contribution in [0.2, 0.25) is 13.1 Å². The number of carbonyl (C=O) groups excluding carboxylic acids is 4. The van der Waals surface area contributed by atoms with Crippen LogP contribution in [0.3, 0.4) is 0 Å². The highest BCUT2D eigenvalue weighted by molar-refractivity contribution is 6.48. The van der Waals surface area contributed by atoms with Gasteiger partial charge in [-0.1, -0.05) is 46.1 Å². The number of hydrogen-bond acceptors (Lipinski definition) is 7. The summed E-state index contributed by atoms with van der Waals surface area (Å²) in [5.41, 5.74) is -0.179. The second kappa shape index (κ2) is 14.7. The molecule has 11 heteroatoms. The van der Waals surface area contributed by atoms with Crippen LogP contribution in [0, 0.1) is 17.3 Å². The molecule has 10 nitrogen and oxygen atoms in total. The van der Waals surface area contributed by atoms with Crippen LogP contribution in [0.1, 0.15) is 33.6 Å². The molecule has 0 aromatic rings. The third-order valence-electron chi connectivity index (χ3n) is 5.62. The molecule has 3 N–H and O–H groups in total. The Morgan fingerprint density at radius 2 is 1.71 bits per heavy atom. The summed E-state index contributed by atoms with van der Waals surface area (Å²) in [4.78, 5) is 49.2. The molecule has 0 bridgehead atoms. The van der Waals surface area contributed by atoms with E-state index in [9.17, 15) is 19.2 Å². The lowest BCUT2D eigenvalue weighted by Crippen LogP contribution is -2.64. The zero-order valence-electron chi connectivity index (χ0n) is 21.6. The highest BCUT2D eigenvalue weighted by Gasteiger charge is 2.48. The van der Waals surface area contributed by atoms with Gasteiger partial charge in [0, 0.05) is 32.0 Å². The van der Waals surface area contributed by atoms with Gasteiger partial charge in [-0.25, -0.2) is 9.59 Å². The van der Waals surface area contributed by atoms with Crippen molar-refractivity contribution < 1.29 is 33.1 Å². The van der Waals surface area contributed by atoms with Crippen molar-refractivity contribution >= 4 is 32.9 Å². The molecule has 198 valence electrons. The van der Waals surface area contributed by atoms with Crippen LogP contribution in [0.5, 0.6) is 0 Å². The van der Waals surface area contributed by atoms with E-state index in [0.29, 0.717) is 6.61 Å². The summed E-state index contributed by atoms with van der Waals surface area (Å²) in [7, 11) is -1.27. The second-order valence-electron chi connectivity index (χ2n) is 9.94. The minimum absolute atomic E-state index is 0.00654. The van der Waals surface area contributed by atoms with Gasteiger partial charge in [0.1, 0.15) is 19.0 Å². The zero-order chi connectivity index (χ0) is 26.6. The third-order valence-corrected chi connectivity index (χ3v) is 6.48. The quantitative estimate of drug-likeness (QED) is 0.175. The zero-order valence-corrected chi connectivity index (χ0v) is 22.7. The lowest BCUT2D eigenvalue weighted by Gasteiger charge is -2.46. The lowest BCUT2D eigenvalue weighted by atomic mass is 9.66. The molecule has 0 radical (unpaired) electrons. The molecule has 1 unspecified atom stereocenters. The van der Waals surface area contributed by atoms with E-state index in [1.54, 1.807) is 0 Å². The Kier molecular flexibility index (Phi) is 12.7. The average molecular weight is 512 g/mol. The average Bonchev–Trinajstić information content (AvgIpc) is 2.75. The van der Waals surface area contributed by atoms with E-state index in [-0.39, 0.29) is 67.6 Å². The Hall–Kier alpha value is -2.66. The summed E-state index contributed by atoms with van der Waals surface area (Å²) in [6.07, 6.45) is 1.47. The van der Waals surface area contributed by atoms with Gasteiger partial charge in [0.05, 0.1) is 12.0 Å². The van der Waals surface area contributed by atoms with Crippen LogP contribution in [-0.4, -0.2) is 71.4 Å². The van der Waals surface area contributed by atoms with Gasteiger partial charge < -0.3 is 29.9 Å². The summed E-state index contributed by atoms with van der Waals surface area (Å²) in [5.74, 6) is -0.608. The first-order valence-electron chi connectivity index (χ1n) is 11.9. The number of Topliss-reactive ketones (excluding diaryl/α,β-unsaturated/α-hetero) is 1. The van der Waals surface area contributed by atoms with Crippen LogP contribution in [0.25, 0.3) is 0 Å². The van der Waals surface area contributed by atoms with Crippen molar-refractivity contribution in [3.63, 3.8) is 0 Å². The van der Waals surface area contributed by atoms with Gasteiger partial charge in [0.2, 0.25) is 5.91 Å². The normalized spacial score (nSPS) is 19.0. The monoisotopic (exact) mass is 511 g/mol. The van der Waals surface area contributed by atoms with E-state index in [4.69, 9.17) is 13.9 Å². The minimum atomic E-state index is -1.27. The van der Waals surface area contributed by atoms with Crippen molar-refractivity contribution in [2.24, 2.45) is 17.3 Å². The van der Waals surface area contributed by atoms with E-state index < -0.39 is 27.3 Å². The predicted molar refractivity (Wildman–Crippen MR) is 135 cm³/mol. The molecule has 1 aliphatic heterocycles. The molecule has 0 aliphatic carbocycles. The van der Waals surface area contributed by atoms with E-state index in [1.807, 2.05) is 0 Å². The number of ether oxygens (including phenoxy) is 2. The van der Waals surface area contributed by atoms with Gasteiger partial charge in [0.25, 0.3) is 0 Å². The van der Waals surface area contributed by atoms with Gasteiger partial charge in [-0.2, -0.15) is 0 Å². The van der Waals surface area contributed by atoms with Crippen LogP contribution < -0.4 is 16.0 Å². The highest BCUT2D eigenvalue weighted by atomic mass is 28.3. The second-order valence-corrected chi connectivity index (χ2v) is 12.4. The molecular weight excluding hydrogens is 470 g/mol. The molecule has 1 aliphatic rings. The maximum absolute atomic E-state index is 12.9. The van der Waals surface area contributed by atoms with Gasteiger partial charge >= 0.3 is 12.2 Å². The number of β-lactam (4-membered cyclic amide) rings is 1. The Labute approximate surface area is 209 Å². The number of ketones is 1. The number of nitrogens with one attached hydrogen (secondary N) is 3. The molecule has 1 saturated heterocycles. The van der Waals surface area contributed by atoms with E-state index >= 15 is 0 Å². The minimum Gasteiger partial charge on any atom is -0.445 e. The van der Waals surface area contributed by atoms with Gasteiger partial charge in [-0.3, -0.25) is 9.59 Å². The van der Waals surface area contributed by atoms with Gasteiger partial charge in [0.15, 0.2) is 9.04 Å². The van der Waals surface area contributed by atoms with Crippen LogP contribution in [-0.2, 0) is 23.5 Å². The summed E-state index contributed by atoms with van der Waals surface area (Å²) in [5, 5.41) is 7.95.